The first-order valence-corrected chi connectivity index (χ1v) is 8.13. The largest absolute Gasteiger partial charge is 0.497 e. The van der Waals surface area contributed by atoms with Crippen molar-refractivity contribution in [2.75, 3.05) is 27.2 Å². The van der Waals surface area contributed by atoms with E-state index in [9.17, 15) is 4.79 Å². The van der Waals surface area contributed by atoms with Crippen LogP contribution in [0.2, 0.25) is 0 Å². The van der Waals surface area contributed by atoms with E-state index in [1.54, 1.807) is 7.11 Å². The molecule has 1 aromatic rings. The number of hydrogen-bond acceptors (Lipinski definition) is 3. The summed E-state index contributed by atoms with van der Waals surface area (Å²) in [6.45, 7) is 6.97. The molecule has 1 amide bonds. The van der Waals surface area contributed by atoms with Crippen molar-refractivity contribution in [3.05, 3.63) is 29.8 Å². The summed E-state index contributed by atoms with van der Waals surface area (Å²) in [5.41, 5.74) is 1.28. The van der Waals surface area contributed by atoms with Gasteiger partial charge in [-0.25, -0.2) is 0 Å². The molecule has 0 N–H and O–H groups in total. The summed E-state index contributed by atoms with van der Waals surface area (Å²) in [7, 11) is 3.65. The van der Waals surface area contributed by atoms with Gasteiger partial charge in [0.2, 0.25) is 5.91 Å². The summed E-state index contributed by atoms with van der Waals surface area (Å²) in [5, 5.41) is 0. The number of nitrogens with zero attached hydrogens (tertiary/aromatic N) is 2. The molecule has 1 saturated heterocycles. The van der Waals surface area contributed by atoms with Crippen molar-refractivity contribution < 1.29 is 9.53 Å². The van der Waals surface area contributed by atoms with Gasteiger partial charge in [-0.05, 0) is 30.5 Å². The van der Waals surface area contributed by atoms with Crippen molar-refractivity contribution in [2.45, 2.75) is 39.3 Å². The number of ether oxygens (including phenoxy) is 1. The first-order valence-electron chi connectivity index (χ1n) is 8.13. The minimum absolute atomic E-state index is 0.0832. The van der Waals surface area contributed by atoms with Gasteiger partial charge in [-0.1, -0.05) is 26.0 Å². The van der Waals surface area contributed by atoms with E-state index in [0.717, 1.165) is 38.2 Å². The topological polar surface area (TPSA) is 32.8 Å². The lowest BCUT2D eigenvalue weighted by molar-refractivity contribution is -0.136. The van der Waals surface area contributed by atoms with Crippen molar-refractivity contribution in [1.29, 1.82) is 0 Å². The Morgan fingerprint density at radius 1 is 1.36 bits per heavy atom. The molecule has 1 aliphatic heterocycles. The van der Waals surface area contributed by atoms with E-state index in [4.69, 9.17) is 4.74 Å². The van der Waals surface area contributed by atoms with Gasteiger partial charge in [0.05, 0.1) is 7.11 Å². The smallest absolute Gasteiger partial charge is 0.225 e. The highest BCUT2D eigenvalue weighted by Gasteiger charge is 2.26. The van der Waals surface area contributed by atoms with Crippen LogP contribution < -0.4 is 4.74 Å². The van der Waals surface area contributed by atoms with Crippen LogP contribution in [0, 0.1) is 5.92 Å². The highest BCUT2D eigenvalue weighted by molar-refractivity contribution is 5.78. The molecule has 0 aliphatic carbocycles. The molecule has 0 bridgehead atoms. The monoisotopic (exact) mass is 304 g/mol. The number of carbonyl (C=O) groups is 1. The Bertz CT molecular complexity index is 494. The Balaban J connectivity index is 1.85. The van der Waals surface area contributed by atoms with Gasteiger partial charge in [0.1, 0.15) is 5.75 Å². The molecule has 0 aromatic heterocycles. The van der Waals surface area contributed by atoms with Crippen molar-refractivity contribution in [2.24, 2.45) is 5.92 Å². The van der Waals surface area contributed by atoms with Gasteiger partial charge in [-0.15, -0.1) is 0 Å². The molecule has 1 fully saturated rings. The number of likely N-dealkylation sites (tertiary alicyclic amines) is 1. The van der Waals surface area contributed by atoms with Crippen LogP contribution in [-0.4, -0.2) is 49.0 Å². The molecule has 2 rings (SSSR count). The normalized spacial score (nSPS) is 16.8. The molecule has 1 heterocycles. The molecule has 0 saturated carbocycles. The highest BCUT2D eigenvalue weighted by atomic mass is 16.5. The number of benzene rings is 1. The van der Waals surface area contributed by atoms with Crippen molar-refractivity contribution in [3.8, 4) is 5.75 Å². The van der Waals surface area contributed by atoms with Gasteiger partial charge in [-0.3, -0.25) is 9.69 Å². The van der Waals surface area contributed by atoms with Crippen molar-refractivity contribution >= 4 is 5.91 Å². The first kappa shape index (κ1) is 16.8. The summed E-state index contributed by atoms with van der Waals surface area (Å²) < 4.78 is 5.28. The summed E-state index contributed by atoms with van der Waals surface area (Å²) in [4.78, 5) is 16.5. The van der Waals surface area contributed by atoms with Crippen LogP contribution in [0.5, 0.6) is 5.75 Å². The second-order valence-electron chi connectivity index (χ2n) is 6.46. The fourth-order valence-corrected chi connectivity index (χ4v) is 3.08. The zero-order valence-corrected chi connectivity index (χ0v) is 14.2. The maximum absolute atomic E-state index is 12.1. The van der Waals surface area contributed by atoms with Crippen LogP contribution in [0.4, 0.5) is 0 Å². The van der Waals surface area contributed by atoms with Gasteiger partial charge in [-0.2, -0.15) is 0 Å². The second-order valence-corrected chi connectivity index (χ2v) is 6.46. The van der Waals surface area contributed by atoms with E-state index in [2.05, 4.69) is 17.0 Å². The summed E-state index contributed by atoms with van der Waals surface area (Å²) in [6, 6.07) is 8.64. The van der Waals surface area contributed by atoms with Crippen LogP contribution in [0.15, 0.2) is 24.3 Å². The standard InChI is InChI=1S/C18H28N2O2/c1-14(2)18(21)19(3)16-8-10-20(11-9-16)13-15-6-5-7-17(12-15)22-4/h5-7,12,14,16H,8-11,13H2,1-4H3. The van der Waals surface area contributed by atoms with Gasteiger partial charge in [0, 0.05) is 38.6 Å². The minimum Gasteiger partial charge on any atom is -0.497 e. The molecule has 0 radical (unpaired) electrons. The predicted molar refractivity (Wildman–Crippen MR) is 88.9 cm³/mol. The van der Waals surface area contributed by atoms with E-state index in [1.807, 2.05) is 37.9 Å². The Morgan fingerprint density at radius 3 is 2.64 bits per heavy atom. The third-order valence-corrected chi connectivity index (χ3v) is 4.49. The van der Waals surface area contributed by atoms with Crippen LogP contribution in [0.3, 0.4) is 0 Å². The van der Waals surface area contributed by atoms with E-state index >= 15 is 0 Å². The van der Waals surface area contributed by atoms with Gasteiger partial charge in [0.15, 0.2) is 0 Å². The number of hydrogen-bond donors (Lipinski definition) is 0. The Hall–Kier alpha value is -1.55. The molecule has 4 nitrogen and oxygen atoms in total. The maximum atomic E-state index is 12.1. The molecule has 1 aromatic carbocycles. The number of methoxy groups -OCH3 is 1. The first-order chi connectivity index (χ1) is 10.5. The van der Waals surface area contributed by atoms with Crippen molar-refractivity contribution in [1.82, 2.24) is 9.80 Å². The zero-order valence-electron chi connectivity index (χ0n) is 14.2. The summed E-state index contributed by atoms with van der Waals surface area (Å²) in [6.07, 6.45) is 2.11. The summed E-state index contributed by atoms with van der Waals surface area (Å²) >= 11 is 0. The minimum atomic E-state index is 0.0832. The molecule has 4 heteroatoms. The zero-order chi connectivity index (χ0) is 16.1. The Labute approximate surface area is 134 Å². The van der Waals surface area contributed by atoms with E-state index in [0.29, 0.717) is 6.04 Å². The van der Waals surface area contributed by atoms with Crippen LogP contribution in [-0.2, 0) is 11.3 Å². The average Bonchev–Trinajstić information content (AvgIpc) is 2.54. The summed E-state index contributed by atoms with van der Waals surface area (Å²) in [5.74, 6) is 1.25. The van der Waals surface area contributed by atoms with Crippen LogP contribution >= 0.6 is 0 Å². The molecule has 22 heavy (non-hydrogen) atoms. The van der Waals surface area contributed by atoms with Crippen molar-refractivity contribution in [3.63, 3.8) is 0 Å². The fourth-order valence-electron chi connectivity index (χ4n) is 3.08. The molecule has 122 valence electrons. The third kappa shape index (κ3) is 4.23. The van der Waals surface area contributed by atoms with Gasteiger partial charge >= 0.3 is 0 Å². The number of amides is 1. The molecular formula is C18H28N2O2. The highest BCUT2D eigenvalue weighted by Crippen LogP contribution is 2.20. The van der Waals surface area contributed by atoms with E-state index in [-0.39, 0.29) is 11.8 Å². The molecule has 0 atom stereocenters. The number of carbonyl (C=O) groups excluding carboxylic acids is 1. The van der Waals surface area contributed by atoms with E-state index in [1.165, 1.54) is 5.56 Å². The molecular weight excluding hydrogens is 276 g/mol. The predicted octanol–water partition coefficient (Wildman–Crippen LogP) is 2.77. The Morgan fingerprint density at radius 2 is 2.05 bits per heavy atom. The van der Waals surface area contributed by atoms with Crippen LogP contribution in [0.25, 0.3) is 0 Å². The Kier molecular flexibility index (Phi) is 5.83. The van der Waals surface area contributed by atoms with E-state index < -0.39 is 0 Å². The lowest BCUT2D eigenvalue weighted by Crippen LogP contribution is -2.46. The van der Waals surface area contributed by atoms with Gasteiger partial charge in [0.25, 0.3) is 0 Å². The van der Waals surface area contributed by atoms with Crippen LogP contribution in [0.1, 0.15) is 32.3 Å². The molecule has 1 aliphatic rings. The lowest BCUT2D eigenvalue weighted by atomic mass is 10.0. The SMILES string of the molecule is COc1cccc(CN2CCC(N(C)C(=O)C(C)C)CC2)c1. The second kappa shape index (κ2) is 7.63. The van der Waals surface area contributed by atoms with Gasteiger partial charge < -0.3 is 9.64 Å². The quantitative estimate of drug-likeness (QED) is 0.838. The third-order valence-electron chi connectivity index (χ3n) is 4.49. The number of piperidine rings is 1. The fraction of sp³-hybridized carbons (Fsp3) is 0.611. The molecule has 0 spiro atoms. The number of rotatable bonds is 5. The lowest BCUT2D eigenvalue weighted by Gasteiger charge is -2.37. The maximum Gasteiger partial charge on any atom is 0.225 e. The molecule has 0 unspecified atom stereocenters. The average molecular weight is 304 g/mol.